The van der Waals surface area contributed by atoms with Gasteiger partial charge in [-0.05, 0) is 116 Å². The van der Waals surface area contributed by atoms with Crippen LogP contribution >= 0.6 is 0 Å². The Morgan fingerprint density at radius 1 is 0.593 bits per heavy atom. The van der Waals surface area contributed by atoms with E-state index >= 15 is 0 Å². The standard InChI is InChI=1S/C55H55N3O/c1-35-28-38(36-18-13-11-14-19-36)24-25-48(35)58-49-23-17-22-44(50(49)57-52(58)45-33-43(54(5,6)7)34-46(51(45)59)55(8,9)10)40-29-41(31-42(30-40)53(2,3)4)47-32-39(26-27-56-47)37-20-15-12-16-21-37/h11-34,59H,1-10H3/i1D3,8D3,9D3,12D,15D,16D,20D,21D. The number of nitrogens with zero attached hydrogens (tertiary/aromatic N) is 3. The molecule has 0 aliphatic carbocycles. The molecule has 0 atom stereocenters. The molecule has 0 amide bonds. The van der Waals surface area contributed by atoms with E-state index in [1.165, 1.54) is 12.3 Å². The molecule has 2 heterocycles. The van der Waals surface area contributed by atoms with Crippen LogP contribution in [0.15, 0.2) is 146 Å². The van der Waals surface area contributed by atoms with Gasteiger partial charge in [-0.25, -0.2) is 4.98 Å². The zero-order chi connectivity index (χ0) is 53.7. The van der Waals surface area contributed by atoms with Crippen LogP contribution in [-0.4, -0.2) is 19.6 Å². The van der Waals surface area contributed by atoms with E-state index in [2.05, 4.69) is 0 Å². The molecular formula is C55H55N3O. The van der Waals surface area contributed by atoms with Crippen molar-refractivity contribution < 1.29 is 24.3 Å². The molecule has 296 valence electrons. The molecule has 59 heavy (non-hydrogen) atoms. The average Bonchev–Trinajstić information content (AvgIpc) is 3.70. The van der Waals surface area contributed by atoms with Gasteiger partial charge in [0.2, 0.25) is 0 Å². The van der Waals surface area contributed by atoms with Crippen LogP contribution in [-0.2, 0) is 16.2 Å². The van der Waals surface area contributed by atoms with Crippen LogP contribution in [0.1, 0.15) is 104 Å². The number of hydrogen-bond donors (Lipinski definition) is 1. The Morgan fingerprint density at radius 3 is 2.02 bits per heavy atom. The Labute approximate surface area is 370 Å². The minimum Gasteiger partial charge on any atom is -0.507 e. The van der Waals surface area contributed by atoms with Gasteiger partial charge in [-0.2, -0.15) is 0 Å². The van der Waals surface area contributed by atoms with E-state index in [1.807, 2.05) is 96.1 Å². The first kappa shape index (κ1) is 26.0. The number of benzene rings is 6. The van der Waals surface area contributed by atoms with Crippen molar-refractivity contribution in [3.63, 3.8) is 0 Å². The number of aromatic nitrogens is 3. The molecule has 0 aliphatic heterocycles. The smallest absolute Gasteiger partial charge is 0.149 e. The molecule has 0 saturated heterocycles. The van der Waals surface area contributed by atoms with Gasteiger partial charge in [0.15, 0.2) is 0 Å². The van der Waals surface area contributed by atoms with Crippen LogP contribution in [0.2, 0.25) is 0 Å². The zero-order valence-corrected chi connectivity index (χ0v) is 34.3. The number of imidazole rings is 1. The maximum atomic E-state index is 12.6. The summed E-state index contributed by atoms with van der Waals surface area (Å²) in [6.45, 7) is 3.87. The van der Waals surface area contributed by atoms with Crippen molar-refractivity contribution in [2.45, 2.75) is 85.3 Å². The Bertz CT molecular complexity index is 3430. The minimum absolute atomic E-state index is 0.0175. The molecule has 0 saturated carbocycles. The highest BCUT2D eigenvalue weighted by Gasteiger charge is 2.29. The molecule has 0 unspecified atom stereocenters. The molecule has 4 heteroatoms. The van der Waals surface area contributed by atoms with Crippen molar-refractivity contribution in [2.75, 3.05) is 0 Å². The number of phenolic OH excluding ortho intramolecular Hbond substituents is 1. The largest absolute Gasteiger partial charge is 0.507 e. The summed E-state index contributed by atoms with van der Waals surface area (Å²) < 4.78 is 122. The number of phenols is 1. The van der Waals surface area contributed by atoms with Gasteiger partial charge in [-0.1, -0.05) is 153 Å². The molecule has 8 aromatic rings. The third-order valence-electron chi connectivity index (χ3n) is 10.7. The number of aromatic hydroxyl groups is 1. The van der Waals surface area contributed by atoms with Gasteiger partial charge in [-0.15, -0.1) is 0 Å². The fourth-order valence-electron chi connectivity index (χ4n) is 7.42. The molecule has 0 radical (unpaired) electrons. The van der Waals surface area contributed by atoms with E-state index in [0.29, 0.717) is 50.1 Å². The Kier molecular flexibility index (Phi) is 6.53. The number of fused-ring (bicyclic) bond motifs is 1. The lowest BCUT2D eigenvalue weighted by atomic mass is 9.79. The summed E-state index contributed by atoms with van der Waals surface area (Å²) >= 11 is 0. The normalized spacial score (nSPS) is 16.4. The third kappa shape index (κ3) is 7.72. The van der Waals surface area contributed by atoms with Crippen LogP contribution in [0, 0.1) is 6.85 Å². The number of pyridine rings is 1. The molecule has 0 bridgehead atoms. The van der Waals surface area contributed by atoms with E-state index in [1.54, 1.807) is 53.1 Å². The second-order valence-electron chi connectivity index (χ2n) is 17.3. The fourth-order valence-corrected chi connectivity index (χ4v) is 7.42. The van der Waals surface area contributed by atoms with Crippen LogP contribution < -0.4 is 0 Å². The molecule has 0 aliphatic rings. The molecular weight excluding hydrogens is 719 g/mol. The summed E-state index contributed by atoms with van der Waals surface area (Å²) in [6.07, 6.45) is 1.52. The SMILES string of the molecule is [2H]c1c([2H])c([2H])c(-c2ccnc(-c3cc(-c4cccc5c4nc(-c4cc(C(C)(C)C)cc(C(C)(C([2H])([2H])[2H])C([2H])([2H])[2H])c4O)n5-c4ccc(-c5ccccc5)cc4C([2H])([2H])[2H])cc(C(C)(C)C)c3)c2)c([2H])c1[2H]. The zero-order valence-electron chi connectivity index (χ0n) is 48.3. The Balaban J connectivity index is 1.48. The number of para-hydroxylation sites is 1. The summed E-state index contributed by atoms with van der Waals surface area (Å²) in [5, 5.41) is 12.6. The highest BCUT2D eigenvalue weighted by atomic mass is 16.3. The van der Waals surface area contributed by atoms with Gasteiger partial charge >= 0.3 is 0 Å². The van der Waals surface area contributed by atoms with E-state index in [0.717, 1.165) is 18.1 Å². The molecule has 6 aromatic carbocycles. The van der Waals surface area contributed by atoms with Gasteiger partial charge < -0.3 is 5.11 Å². The Morgan fingerprint density at radius 2 is 1.31 bits per heavy atom. The monoisotopic (exact) mass is 788 g/mol. The highest BCUT2D eigenvalue weighted by molar-refractivity contribution is 5.97. The van der Waals surface area contributed by atoms with Crippen molar-refractivity contribution in [3.8, 4) is 67.5 Å². The number of aryl methyl sites for hydroxylation is 1. The van der Waals surface area contributed by atoms with Gasteiger partial charge in [0.1, 0.15) is 11.6 Å². The maximum absolute atomic E-state index is 12.6. The number of hydrogen-bond acceptors (Lipinski definition) is 3. The molecule has 2 aromatic heterocycles. The molecule has 0 spiro atoms. The highest BCUT2D eigenvalue weighted by Crippen LogP contribution is 2.45. The van der Waals surface area contributed by atoms with Crippen molar-refractivity contribution >= 4 is 11.0 Å². The predicted octanol–water partition coefficient (Wildman–Crippen LogP) is 14.7. The summed E-state index contributed by atoms with van der Waals surface area (Å²) in [5.41, 5.74) is 2.22. The van der Waals surface area contributed by atoms with Gasteiger partial charge in [0, 0.05) is 35.2 Å². The van der Waals surface area contributed by atoms with E-state index in [9.17, 15) is 5.11 Å². The van der Waals surface area contributed by atoms with Gasteiger partial charge in [0.25, 0.3) is 0 Å². The fraction of sp³-hybridized carbons (Fsp3) is 0.236. The first-order chi connectivity index (χ1) is 33.8. The summed E-state index contributed by atoms with van der Waals surface area (Å²) in [6, 6.07) is 29.9. The van der Waals surface area contributed by atoms with Crippen LogP contribution in [0.4, 0.5) is 0 Å². The minimum atomic E-state index is -3.14. The quantitative estimate of drug-likeness (QED) is 0.183. The average molecular weight is 788 g/mol. The first-order valence-electron chi connectivity index (χ1n) is 26.6. The van der Waals surface area contributed by atoms with E-state index < -0.39 is 60.7 Å². The summed E-state index contributed by atoms with van der Waals surface area (Å²) in [4.78, 5) is 9.99. The van der Waals surface area contributed by atoms with Crippen LogP contribution in [0.25, 0.3) is 72.7 Å². The van der Waals surface area contributed by atoms with Crippen molar-refractivity contribution in [1.29, 1.82) is 0 Å². The second kappa shape index (κ2) is 14.8. The predicted molar refractivity (Wildman–Crippen MR) is 249 cm³/mol. The lowest BCUT2D eigenvalue weighted by Gasteiger charge is -2.27. The van der Waals surface area contributed by atoms with Crippen LogP contribution in [0.3, 0.4) is 0 Å². The van der Waals surface area contributed by atoms with Crippen molar-refractivity contribution in [3.05, 3.63) is 168 Å². The molecule has 1 N–H and O–H groups in total. The summed E-state index contributed by atoms with van der Waals surface area (Å²) in [5.74, 6) is -0.622. The van der Waals surface area contributed by atoms with Crippen molar-refractivity contribution in [2.24, 2.45) is 0 Å². The maximum Gasteiger partial charge on any atom is 0.149 e. The molecule has 8 rings (SSSR count). The topological polar surface area (TPSA) is 50.9 Å². The van der Waals surface area contributed by atoms with Gasteiger partial charge in [0.05, 0.1) is 34.8 Å². The lowest BCUT2D eigenvalue weighted by molar-refractivity contribution is 0.446. The Hall–Kier alpha value is -6.26. The van der Waals surface area contributed by atoms with Crippen LogP contribution in [0.5, 0.6) is 5.75 Å². The lowest BCUT2D eigenvalue weighted by Crippen LogP contribution is -2.17. The van der Waals surface area contributed by atoms with Gasteiger partial charge in [-0.3, -0.25) is 9.55 Å². The van der Waals surface area contributed by atoms with E-state index in [4.69, 9.17) is 29.2 Å². The first-order valence-corrected chi connectivity index (χ1v) is 19.6. The third-order valence-corrected chi connectivity index (χ3v) is 10.7. The molecule has 4 nitrogen and oxygen atoms in total. The van der Waals surface area contributed by atoms with Crippen molar-refractivity contribution in [1.82, 2.24) is 14.5 Å². The van der Waals surface area contributed by atoms with E-state index in [-0.39, 0.29) is 45.9 Å². The second-order valence-corrected chi connectivity index (χ2v) is 17.3. The molecule has 0 fully saturated rings. The summed E-state index contributed by atoms with van der Waals surface area (Å²) in [7, 11) is 0. The number of rotatable bonds is 6.